The number of carbonyl (C=O) groups is 1. The predicted molar refractivity (Wildman–Crippen MR) is 95.5 cm³/mol. The summed E-state index contributed by atoms with van der Waals surface area (Å²) in [5.41, 5.74) is 0.928. The van der Waals surface area contributed by atoms with E-state index in [0.29, 0.717) is 11.6 Å². The minimum Gasteiger partial charge on any atom is -0.303 e. The summed E-state index contributed by atoms with van der Waals surface area (Å²) in [5.74, 6) is 0.0649. The van der Waals surface area contributed by atoms with Gasteiger partial charge < -0.3 is 10.2 Å². The smallest absolute Gasteiger partial charge is 0.226 e. The molecule has 1 aliphatic rings. The number of rotatable bonds is 5. The van der Waals surface area contributed by atoms with E-state index in [1.165, 1.54) is 43.7 Å². The van der Waals surface area contributed by atoms with Crippen molar-refractivity contribution in [2.45, 2.75) is 32.1 Å². The zero-order valence-corrected chi connectivity index (χ0v) is 14.9. The second-order valence-electron chi connectivity index (χ2n) is 5.69. The Morgan fingerprint density at radius 1 is 1.32 bits per heavy atom. The average molecular weight is 382 g/mol. The van der Waals surface area contributed by atoms with Gasteiger partial charge in [-0.3, -0.25) is 4.79 Å². The van der Waals surface area contributed by atoms with Crippen molar-refractivity contribution in [2.24, 2.45) is 0 Å². The molecule has 1 N–H and O–H groups in total. The lowest BCUT2D eigenvalue weighted by Gasteiger charge is -2.26. The van der Waals surface area contributed by atoms with Crippen LogP contribution in [0.5, 0.6) is 0 Å². The maximum atomic E-state index is 12.0. The highest BCUT2D eigenvalue weighted by Crippen LogP contribution is 2.28. The molecule has 1 aromatic carbocycles. The molecule has 1 amide bonds. The number of halogens is 1. The van der Waals surface area contributed by atoms with Crippen molar-refractivity contribution < 1.29 is 4.79 Å². The lowest BCUT2D eigenvalue weighted by molar-refractivity contribution is -0.116. The lowest BCUT2D eigenvalue weighted by Crippen LogP contribution is -2.31. The van der Waals surface area contributed by atoms with Gasteiger partial charge in [0.05, 0.1) is 10.2 Å². The van der Waals surface area contributed by atoms with Crippen molar-refractivity contribution in [2.75, 3.05) is 25.0 Å². The summed E-state index contributed by atoms with van der Waals surface area (Å²) in [6.45, 7) is 3.41. The average Bonchev–Trinajstić information content (AvgIpc) is 2.89. The third-order valence-electron chi connectivity index (χ3n) is 3.92. The van der Waals surface area contributed by atoms with Gasteiger partial charge >= 0.3 is 0 Å². The van der Waals surface area contributed by atoms with Crippen molar-refractivity contribution in [1.29, 1.82) is 0 Å². The van der Waals surface area contributed by atoms with Gasteiger partial charge in [0.25, 0.3) is 0 Å². The first kappa shape index (κ1) is 15.9. The van der Waals surface area contributed by atoms with Crippen LogP contribution in [-0.4, -0.2) is 35.4 Å². The van der Waals surface area contributed by atoms with E-state index < -0.39 is 0 Å². The molecule has 0 aliphatic carbocycles. The van der Waals surface area contributed by atoms with Gasteiger partial charge in [0.2, 0.25) is 5.91 Å². The van der Waals surface area contributed by atoms with Crippen LogP contribution in [0.25, 0.3) is 10.2 Å². The number of aromatic nitrogens is 1. The van der Waals surface area contributed by atoms with E-state index in [1.54, 1.807) is 0 Å². The summed E-state index contributed by atoms with van der Waals surface area (Å²) in [4.78, 5) is 18.9. The second kappa shape index (κ2) is 7.53. The molecule has 1 fully saturated rings. The Bertz CT molecular complexity index is 652. The van der Waals surface area contributed by atoms with Crippen LogP contribution < -0.4 is 5.32 Å². The standard InChI is InChI=1S/C16H20BrN3OS/c17-12-6-7-13-14(11-12)22-16(18-13)19-15(21)5-4-10-20-8-2-1-3-9-20/h6-7,11H,1-5,8-10H2,(H,18,19,21). The summed E-state index contributed by atoms with van der Waals surface area (Å²) >= 11 is 4.97. The van der Waals surface area contributed by atoms with E-state index in [1.807, 2.05) is 18.2 Å². The topological polar surface area (TPSA) is 45.2 Å². The number of nitrogens with zero attached hydrogens (tertiary/aromatic N) is 2. The molecule has 6 heteroatoms. The molecular weight excluding hydrogens is 362 g/mol. The Labute approximate surface area is 143 Å². The molecule has 0 unspecified atom stereocenters. The second-order valence-corrected chi connectivity index (χ2v) is 7.63. The minimum absolute atomic E-state index is 0.0649. The Morgan fingerprint density at radius 3 is 2.95 bits per heavy atom. The van der Waals surface area contributed by atoms with Crippen LogP contribution in [0.3, 0.4) is 0 Å². The number of amides is 1. The molecule has 1 aromatic heterocycles. The molecule has 0 saturated carbocycles. The van der Waals surface area contributed by atoms with Crippen LogP contribution >= 0.6 is 27.3 Å². The Morgan fingerprint density at radius 2 is 2.14 bits per heavy atom. The van der Waals surface area contributed by atoms with Crippen LogP contribution in [0.2, 0.25) is 0 Å². The first-order valence-electron chi connectivity index (χ1n) is 7.79. The Hall–Kier alpha value is -0.980. The maximum Gasteiger partial charge on any atom is 0.226 e. The Balaban J connectivity index is 1.47. The normalized spacial score (nSPS) is 16.0. The molecular formula is C16H20BrN3OS. The molecule has 0 atom stereocenters. The first-order valence-corrected chi connectivity index (χ1v) is 9.40. The molecule has 2 aromatic rings. The highest BCUT2D eigenvalue weighted by atomic mass is 79.9. The fourth-order valence-corrected chi connectivity index (χ4v) is 4.21. The van der Waals surface area contributed by atoms with E-state index in [2.05, 4.69) is 31.1 Å². The molecule has 0 spiro atoms. The van der Waals surface area contributed by atoms with E-state index in [9.17, 15) is 4.79 Å². The molecule has 118 valence electrons. The van der Waals surface area contributed by atoms with Gasteiger partial charge in [-0.1, -0.05) is 33.7 Å². The minimum atomic E-state index is 0.0649. The molecule has 0 radical (unpaired) electrons. The van der Waals surface area contributed by atoms with Crippen LogP contribution in [0, 0.1) is 0 Å². The van der Waals surface area contributed by atoms with Crippen LogP contribution in [0.15, 0.2) is 22.7 Å². The largest absolute Gasteiger partial charge is 0.303 e. The zero-order valence-electron chi connectivity index (χ0n) is 12.5. The summed E-state index contributed by atoms with van der Waals surface area (Å²) in [5, 5.41) is 3.61. The Kier molecular flexibility index (Phi) is 5.44. The number of hydrogen-bond donors (Lipinski definition) is 1. The SMILES string of the molecule is O=C(CCCN1CCCCC1)Nc1nc2ccc(Br)cc2s1. The number of likely N-dealkylation sites (tertiary alicyclic amines) is 1. The number of benzene rings is 1. The summed E-state index contributed by atoms with van der Waals surface area (Å²) < 4.78 is 2.11. The van der Waals surface area contributed by atoms with Crippen molar-refractivity contribution >= 4 is 48.5 Å². The highest BCUT2D eigenvalue weighted by Gasteiger charge is 2.11. The van der Waals surface area contributed by atoms with E-state index in [4.69, 9.17) is 0 Å². The zero-order chi connectivity index (χ0) is 15.4. The van der Waals surface area contributed by atoms with Crippen molar-refractivity contribution in [1.82, 2.24) is 9.88 Å². The van der Waals surface area contributed by atoms with Gasteiger partial charge in [-0.05, 0) is 57.1 Å². The van der Waals surface area contributed by atoms with Crippen molar-refractivity contribution in [3.8, 4) is 0 Å². The first-order chi connectivity index (χ1) is 10.7. The van der Waals surface area contributed by atoms with E-state index >= 15 is 0 Å². The molecule has 1 saturated heterocycles. The van der Waals surface area contributed by atoms with Gasteiger partial charge in [-0.2, -0.15) is 0 Å². The third kappa shape index (κ3) is 4.27. The quantitative estimate of drug-likeness (QED) is 0.840. The predicted octanol–water partition coefficient (Wildman–Crippen LogP) is 4.26. The molecule has 0 bridgehead atoms. The number of hydrogen-bond acceptors (Lipinski definition) is 4. The number of anilines is 1. The molecule has 3 rings (SSSR count). The number of nitrogens with one attached hydrogen (secondary N) is 1. The number of piperidine rings is 1. The van der Waals surface area contributed by atoms with Crippen LogP contribution in [0.1, 0.15) is 32.1 Å². The summed E-state index contributed by atoms with van der Waals surface area (Å²) in [6.07, 6.45) is 5.43. The number of carbonyl (C=O) groups excluding carboxylic acids is 1. The number of fused-ring (bicyclic) bond motifs is 1. The van der Waals surface area contributed by atoms with Gasteiger partial charge in [0.1, 0.15) is 0 Å². The van der Waals surface area contributed by atoms with Gasteiger partial charge in [0, 0.05) is 10.9 Å². The third-order valence-corrected chi connectivity index (χ3v) is 5.35. The van der Waals surface area contributed by atoms with Crippen LogP contribution in [-0.2, 0) is 4.79 Å². The lowest BCUT2D eigenvalue weighted by atomic mass is 10.1. The summed E-state index contributed by atoms with van der Waals surface area (Å²) in [6, 6.07) is 5.95. The maximum absolute atomic E-state index is 12.0. The van der Waals surface area contributed by atoms with Crippen molar-refractivity contribution in [3.05, 3.63) is 22.7 Å². The molecule has 2 heterocycles. The van der Waals surface area contributed by atoms with E-state index in [0.717, 1.165) is 27.7 Å². The fraction of sp³-hybridized carbons (Fsp3) is 0.500. The van der Waals surface area contributed by atoms with Gasteiger partial charge in [-0.15, -0.1) is 0 Å². The van der Waals surface area contributed by atoms with Gasteiger partial charge in [-0.25, -0.2) is 4.98 Å². The van der Waals surface area contributed by atoms with Crippen molar-refractivity contribution in [3.63, 3.8) is 0 Å². The molecule has 22 heavy (non-hydrogen) atoms. The monoisotopic (exact) mass is 381 g/mol. The van der Waals surface area contributed by atoms with Crippen LogP contribution in [0.4, 0.5) is 5.13 Å². The summed E-state index contributed by atoms with van der Waals surface area (Å²) in [7, 11) is 0. The van der Waals surface area contributed by atoms with Gasteiger partial charge in [0.15, 0.2) is 5.13 Å². The molecule has 1 aliphatic heterocycles. The highest BCUT2D eigenvalue weighted by molar-refractivity contribution is 9.10. The number of thiazole rings is 1. The van der Waals surface area contributed by atoms with E-state index in [-0.39, 0.29) is 5.91 Å². The molecule has 4 nitrogen and oxygen atoms in total. The fourth-order valence-electron chi connectivity index (χ4n) is 2.78.